The van der Waals surface area contributed by atoms with Crippen molar-refractivity contribution in [1.82, 2.24) is 24.6 Å². The molecule has 158 valence electrons. The van der Waals surface area contributed by atoms with E-state index < -0.39 is 0 Å². The first-order chi connectivity index (χ1) is 14.5. The van der Waals surface area contributed by atoms with Crippen molar-refractivity contribution in [2.75, 3.05) is 23.7 Å². The van der Waals surface area contributed by atoms with Gasteiger partial charge >= 0.3 is 0 Å². The van der Waals surface area contributed by atoms with Gasteiger partial charge in [0.05, 0.1) is 9.92 Å². The molecule has 1 aliphatic carbocycles. The summed E-state index contributed by atoms with van der Waals surface area (Å²) in [5, 5.41) is 8.96. The number of nitrogens with zero attached hydrogens (tertiary/aromatic N) is 6. The van der Waals surface area contributed by atoms with Crippen LogP contribution in [0.2, 0.25) is 10.2 Å². The molecule has 1 aliphatic heterocycles. The Kier molecular flexibility index (Phi) is 5.17. The van der Waals surface area contributed by atoms with Crippen molar-refractivity contribution in [3.05, 3.63) is 28.8 Å². The molecule has 3 aromatic heterocycles. The van der Waals surface area contributed by atoms with Gasteiger partial charge in [-0.05, 0) is 37.2 Å². The van der Waals surface area contributed by atoms with Gasteiger partial charge in [0.15, 0.2) is 10.8 Å². The second kappa shape index (κ2) is 7.71. The van der Waals surface area contributed by atoms with Crippen LogP contribution in [0.1, 0.15) is 32.1 Å². The lowest BCUT2D eigenvalue weighted by atomic mass is 9.74. The van der Waals surface area contributed by atoms with Crippen LogP contribution in [0.25, 0.3) is 5.65 Å². The highest BCUT2D eigenvalue weighted by Gasteiger charge is 2.43. The lowest BCUT2D eigenvalue weighted by Crippen LogP contribution is -2.47. The molecule has 1 spiro atoms. The molecule has 0 amide bonds. The molecule has 1 saturated heterocycles. The molecule has 2 aliphatic rings. The first kappa shape index (κ1) is 20.1. The van der Waals surface area contributed by atoms with Crippen LogP contribution < -0.4 is 16.4 Å². The number of hydrogen-bond donors (Lipinski definition) is 2. The molecule has 1 atom stereocenters. The van der Waals surface area contributed by atoms with Gasteiger partial charge in [0, 0.05) is 30.2 Å². The quantitative estimate of drug-likeness (QED) is 0.564. The lowest BCUT2D eigenvalue weighted by molar-refractivity contribution is 0.197. The minimum Gasteiger partial charge on any atom is -0.384 e. The molecule has 8 nitrogen and oxygen atoms in total. The summed E-state index contributed by atoms with van der Waals surface area (Å²) in [4.78, 5) is 12.5. The van der Waals surface area contributed by atoms with Crippen molar-refractivity contribution in [3.8, 4) is 0 Å². The second-order valence-electron chi connectivity index (χ2n) is 8.05. The number of nitrogens with two attached hydrogens (primary N) is 2. The van der Waals surface area contributed by atoms with Crippen molar-refractivity contribution >= 4 is 52.4 Å². The molecule has 30 heavy (non-hydrogen) atoms. The van der Waals surface area contributed by atoms with Crippen molar-refractivity contribution in [1.29, 1.82) is 0 Å². The second-order valence-corrected chi connectivity index (χ2v) is 9.87. The first-order valence-electron chi connectivity index (χ1n) is 9.95. The van der Waals surface area contributed by atoms with Crippen LogP contribution in [-0.2, 0) is 0 Å². The van der Waals surface area contributed by atoms with Crippen molar-refractivity contribution in [2.24, 2.45) is 11.1 Å². The summed E-state index contributed by atoms with van der Waals surface area (Å²) >= 11 is 13.8. The highest BCUT2D eigenvalue weighted by molar-refractivity contribution is 7.99. The Bertz CT molecular complexity index is 1100. The number of hydrogen-bond acceptors (Lipinski definition) is 8. The van der Waals surface area contributed by atoms with E-state index in [1.807, 2.05) is 4.40 Å². The number of pyridine rings is 1. The number of halogens is 2. The molecular weight excluding hydrogens is 443 g/mol. The number of nitrogen functional groups attached to an aromatic ring is 1. The molecule has 0 bridgehead atoms. The van der Waals surface area contributed by atoms with Crippen LogP contribution in [-0.4, -0.2) is 43.7 Å². The zero-order chi connectivity index (χ0) is 20.9. The van der Waals surface area contributed by atoms with Crippen LogP contribution in [0.15, 0.2) is 28.4 Å². The summed E-state index contributed by atoms with van der Waals surface area (Å²) in [6, 6.07) is 2.01. The van der Waals surface area contributed by atoms with E-state index >= 15 is 0 Å². The molecule has 4 N–H and O–H groups in total. The van der Waals surface area contributed by atoms with Gasteiger partial charge < -0.3 is 16.4 Å². The van der Waals surface area contributed by atoms with Gasteiger partial charge in [0.1, 0.15) is 12.1 Å². The third-order valence-electron chi connectivity index (χ3n) is 6.42. The molecule has 4 heterocycles. The Labute approximate surface area is 188 Å². The molecule has 2 fully saturated rings. The van der Waals surface area contributed by atoms with Gasteiger partial charge in [-0.1, -0.05) is 41.4 Å². The Morgan fingerprint density at radius 3 is 2.70 bits per heavy atom. The summed E-state index contributed by atoms with van der Waals surface area (Å²) in [6.45, 7) is 1.87. The summed E-state index contributed by atoms with van der Waals surface area (Å²) in [7, 11) is 0. The predicted molar refractivity (Wildman–Crippen MR) is 119 cm³/mol. The molecule has 0 unspecified atom stereocenters. The number of rotatable bonds is 3. The van der Waals surface area contributed by atoms with Crippen LogP contribution in [0.5, 0.6) is 0 Å². The molecule has 1 saturated carbocycles. The average molecular weight is 465 g/mol. The van der Waals surface area contributed by atoms with Crippen LogP contribution >= 0.6 is 35.0 Å². The van der Waals surface area contributed by atoms with Crippen LogP contribution in [0.4, 0.5) is 11.8 Å². The molecule has 3 aromatic rings. The molecule has 5 rings (SSSR count). The Balaban J connectivity index is 1.43. The number of aromatic nitrogens is 5. The van der Waals surface area contributed by atoms with E-state index in [1.54, 1.807) is 18.6 Å². The van der Waals surface area contributed by atoms with E-state index in [4.69, 9.17) is 39.7 Å². The fraction of sp³-hybridized carbons (Fsp3) is 0.474. The maximum Gasteiger partial charge on any atom is 0.212 e. The minimum atomic E-state index is 0.175. The smallest absolute Gasteiger partial charge is 0.212 e. The topological polar surface area (TPSA) is 111 Å². The Morgan fingerprint density at radius 1 is 1.17 bits per heavy atom. The van der Waals surface area contributed by atoms with E-state index in [0.29, 0.717) is 32.8 Å². The van der Waals surface area contributed by atoms with Crippen molar-refractivity contribution in [3.63, 3.8) is 0 Å². The van der Waals surface area contributed by atoms with Crippen molar-refractivity contribution in [2.45, 2.75) is 47.9 Å². The van der Waals surface area contributed by atoms with Gasteiger partial charge in [-0.15, -0.1) is 10.2 Å². The summed E-state index contributed by atoms with van der Waals surface area (Å²) in [5.41, 5.74) is 13.3. The monoisotopic (exact) mass is 464 g/mol. The molecular formula is C19H22Cl2N8S. The standard InChI is InChI=1S/C19H22Cl2N8S/c20-15-11(8-14(23)26-16(15)21)30-12-9-24-18(29-10-25-27-17(12)29)28-6-4-19(5-7-28)3-1-2-13(19)22/h8-10,13H,1-7,22H2,(H2,23,26)/t13-/m1/s1. The van der Waals surface area contributed by atoms with Gasteiger partial charge in [-0.25, -0.2) is 14.4 Å². The summed E-state index contributed by atoms with van der Waals surface area (Å²) in [5.74, 6) is 1.15. The predicted octanol–water partition coefficient (Wildman–Crippen LogP) is 3.66. The summed E-state index contributed by atoms with van der Waals surface area (Å²) in [6.07, 6.45) is 9.32. The highest BCUT2D eigenvalue weighted by Crippen LogP contribution is 2.46. The largest absolute Gasteiger partial charge is 0.384 e. The van der Waals surface area contributed by atoms with E-state index in [1.165, 1.54) is 24.6 Å². The Hall–Kier alpha value is -1.81. The van der Waals surface area contributed by atoms with Gasteiger partial charge in [-0.2, -0.15) is 0 Å². The third kappa shape index (κ3) is 3.37. The van der Waals surface area contributed by atoms with Crippen LogP contribution in [0.3, 0.4) is 0 Å². The number of piperidine rings is 1. The average Bonchev–Trinajstić information content (AvgIpc) is 3.35. The van der Waals surface area contributed by atoms with E-state index in [9.17, 15) is 0 Å². The normalized spacial score (nSPS) is 21.0. The Morgan fingerprint density at radius 2 is 1.97 bits per heavy atom. The van der Waals surface area contributed by atoms with Crippen molar-refractivity contribution < 1.29 is 0 Å². The van der Waals surface area contributed by atoms with Gasteiger partial charge in [-0.3, -0.25) is 0 Å². The fourth-order valence-corrected chi connectivity index (χ4v) is 6.12. The zero-order valence-corrected chi connectivity index (χ0v) is 18.6. The summed E-state index contributed by atoms with van der Waals surface area (Å²) < 4.78 is 1.93. The van der Waals surface area contributed by atoms with Crippen LogP contribution in [0, 0.1) is 5.41 Å². The van der Waals surface area contributed by atoms with E-state index in [-0.39, 0.29) is 5.15 Å². The maximum atomic E-state index is 6.43. The van der Waals surface area contributed by atoms with Gasteiger partial charge in [0.25, 0.3) is 0 Å². The number of anilines is 2. The van der Waals surface area contributed by atoms with Gasteiger partial charge in [0.2, 0.25) is 5.95 Å². The van der Waals surface area contributed by atoms with E-state index in [2.05, 4.69) is 20.1 Å². The number of fused-ring (bicyclic) bond motifs is 1. The third-order valence-corrected chi connectivity index (χ3v) is 8.34. The molecule has 11 heteroatoms. The zero-order valence-electron chi connectivity index (χ0n) is 16.3. The lowest BCUT2D eigenvalue weighted by Gasteiger charge is -2.42. The highest BCUT2D eigenvalue weighted by atomic mass is 35.5. The molecule has 0 aromatic carbocycles. The first-order valence-corrected chi connectivity index (χ1v) is 11.5. The molecule has 0 radical (unpaired) electrons. The fourth-order valence-electron chi connectivity index (χ4n) is 4.72. The maximum absolute atomic E-state index is 6.43. The SMILES string of the molecule is Nc1cc(Sc2cnc(N3CCC4(CCC[C@H]4N)CC3)n3cnnc23)c(Cl)c(Cl)n1. The van der Waals surface area contributed by atoms with E-state index in [0.717, 1.165) is 43.2 Å². The minimum absolute atomic E-state index is 0.175.